The van der Waals surface area contributed by atoms with Crippen molar-refractivity contribution in [1.82, 2.24) is 9.88 Å². The van der Waals surface area contributed by atoms with Gasteiger partial charge in [-0.05, 0) is 64.3 Å². The van der Waals surface area contributed by atoms with Gasteiger partial charge in [-0.2, -0.15) is 0 Å². The van der Waals surface area contributed by atoms with E-state index in [0.29, 0.717) is 34.6 Å². The molecule has 8 nitrogen and oxygen atoms in total. The second-order valence-corrected chi connectivity index (χ2v) is 10.7. The fraction of sp³-hybridized carbons (Fsp3) is 0.519. The van der Waals surface area contributed by atoms with Gasteiger partial charge < -0.3 is 23.8 Å². The second-order valence-electron chi connectivity index (χ2n) is 9.86. The Balaban J connectivity index is 1.60. The highest BCUT2D eigenvalue weighted by molar-refractivity contribution is 6.37. The van der Waals surface area contributed by atoms with E-state index in [4.69, 9.17) is 42.1 Å². The van der Waals surface area contributed by atoms with Crippen LogP contribution in [-0.2, 0) is 14.3 Å². The summed E-state index contributed by atoms with van der Waals surface area (Å²) in [6.45, 7) is 10.5. The molecule has 37 heavy (non-hydrogen) atoms. The summed E-state index contributed by atoms with van der Waals surface area (Å²) in [5, 5.41) is 0.891. The first kappa shape index (κ1) is 28.9. The van der Waals surface area contributed by atoms with Gasteiger partial charge in [0.25, 0.3) is 0 Å². The molecule has 1 aromatic heterocycles. The first-order chi connectivity index (χ1) is 17.5. The lowest BCUT2D eigenvalue weighted by molar-refractivity contribution is -0.150. The zero-order chi connectivity index (χ0) is 27.2. The van der Waals surface area contributed by atoms with Crippen LogP contribution in [0.25, 0.3) is 0 Å². The zero-order valence-electron chi connectivity index (χ0n) is 21.9. The number of pyridine rings is 1. The summed E-state index contributed by atoms with van der Waals surface area (Å²) in [4.78, 5) is 31.3. The summed E-state index contributed by atoms with van der Waals surface area (Å²) in [5.74, 6) is -0.164. The topological polar surface area (TPSA) is 87.2 Å². The first-order valence-electron chi connectivity index (χ1n) is 12.3. The van der Waals surface area contributed by atoms with E-state index in [0.717, 1.165) is 11.1 Å². The highest BCUT2D eigenvalue weighted by Crippen LogP contribution is 2.35. The number of rotatable bonds is 8. The summed E-state index contributed by atoms with van der Waals surface area (Å²) in [6, 6.07) is 7.21. The van der Waals surface area contributed by atoms with Crippen molar-refractivity contribution in [3.05, 3.63) is 51.6 Å². The van der Waals surface area contributed by atoms with E-state index in [2.05, 4.69) is 4.98 Å². The fourth-order valence-electron chi connectivity index (χ4n) is 4.14. The fourth-order valence-corrected chi connectivity index (χ4v) is 4.85. The molecule has 1 aromatic carbocycles. The number of aryl methyl sites for hydroxylation is 1. The molecule has 202 valence electrons. The van der Waals surface area contributed by atoms with E-state index in [1.165, 1.54) is 0 Å². The number of esters is 1. The number of benzene rings is 1. The molecular weight excluding hydrogens is 519 g/mol. The Morgan fingerprint density at radius 3 is 2.38 bits per heavy atom. The van der Waals surface area contributed by atoms with Crippen molar-refractivity contribution in [2.75, 3.05) is 32.9 Å². The third kappa shape index (κ3) is 8.14. The molecule has 1 saturated heterocycles. The lowest BCUT2D eigenvalue weighted by Gasteiger charge is -2.38. The largest absolute Gasteiger partial charge is 0.487 e. The minimum atomic E-state index is -0.614. The Hall–Kier alpha value is -2.71. The van der Waals surface area contributed by atoms with Crippen molar-refractivity contribution in [3.63, 3.8) is 0 Å². The minimum absolute atomic E-state index is 0.145. The van der Waals surface area contributed by atoms with Gasteiger partial charge >= 0.3 is 12.1 Å². The van der Waals surface area contributed by atoms with Crippen LogP contribution in [0.4, 0.5) is 4.79 Å². The molecule has 1 amide bonds. The van der Waals surface area contributed by atoms with Crippen molar-refractivity contribution in [1.29, 1.82) is 0 Å². The molecule has 0 aliphatic carbocycles. The molecule has 0 radical (unpaired) electrons. The number of aromatic nitrogens is 1. The Bertz CT molecular complexity index is 1060. The van der Waals surface area contributed by atoms with E-state index in [-0.39, 0.29) is 38.3 Å². The van der Waals surface area contributed by atoms with E-state index in [1.54, 1.807) is 36.2 Å². The number of halogens is 2. The number of ether oxygens (including phenoxy) is 4. The molecule has 2 aromatic rings. The summed E-state index contributed by atoms with van der Waals surface area (Å²) >= 11 is 12.4. The summed E-state index contributed by atoms with van der Waals surface area (Å²) < 4.78 is 22.2. The molecule has 0 N–H and O–H groups in total. The van der Waals surface area contributed by atoms with Gasteiger partial charge in [-0.1, -0.05) is 29.3 Å². The van der Waals surface area contributed by atoms with Crippen LogP contribution in [0.1, 0.15) is 51.2 Å². The molecule has 0 spiro atoms. The minimum Gasteiger partial charge on any atom is -0.487 e. The van der Waals surface area contributed by atoms with Crippen LogP contribution in [0.2, 0.25) is 10.0 Å². The number of carbonyl (C=O) groups excluding carboxylic acids is 2. The van der Waals surface area contributed by atoms with Crippen molar-refractivity contribution in [2.45, 2.75) is 52.6 Å². The number of piperidine rings is 1. The van der Waals surface area contributed by atoms with E-state index in [1.807, 2.05) is 33.8 Å². The average Bonchev–Trinajstić information content (AvgIpc) is 2.82. The van der Waals surface area contributed by atoms with Crippen LogP contribution in [0, 0.1) is 12.8 Å². The van der Waals surface area contributed by atoms with Gasteiger partial charge in [0.05, 0.1) is 22.6 Å². The smallest absolute Gasteiger partial charge is 0.410 e. The number of likely N-dealkylation sites (tertiary alicyclic amines) is 1. The summed E-state index contributed by atoms with van der Waals surface area (Å²) in [7, 11) is 0. The molecule has 0 saturated carbocycles. The maximum atomic E-state index is 12.8. The molecule has 1 aliphatic heterocycles. The quantitative estimate of drug-likeness (QED) is 0.290. The molecule has 10 heteroatoms. The number of nitrogens with zero attached hydrogens (tertiary/aromatic N) is 2. The van der Waals surface area contributed by atoms with Gasteiger partial charge in [-0.15, -0.1) is 0 Å². The monoisotopic (exact) mass is 552 g/mol. The third-order valence-corrected chi connectivity index (χ3v) is 6.33. The van der Waals surface area contributed by atoms with E-state index < -0.39 is 17.6 Å². The molecule has 0 bridgehead atoms. The number of hydrogen-bond acceptors (Lipinski definition) is 7. The Morgan fingerprint density at radius 2 is 1.78 bits per heavy atom. The van der Waals surface area contributed by atoms with Gasteiger partial charge in [-0.3, -0.25) is 4.79 Å². The Morgan fingerprint density at radius 1 is 1.11 bits per heavy atom. The predicted molar refractivity (Wildman–Crippen MR) is 142 cm³/mol. The third-order valence-electron chi connectivity index (χ3n) is 5.76. The van der Waals surface area contributed by atoms with Crippen molar-refractivity contribution in [3.8, 4) is 11.6 Å². The number of hydrogen-bond donors (Lipinski definition) is 0. The number of amides is 1. The lowest BCUT2D eigenvalue weighted by atomic mass is 9.81. The molecule has 1 aliphatic rings. The van der Waals surface area contributed by atoms with Crippen molar-refractivity contribution in [2.24, 2.45) is 5.92 Å². The molecular formula is C27H34Cl2N2O6. The van der Waals surface area contributed by atoms with Crippen molar-refractivity contribution >= 4 is 35.3 Å². The van der Waals surface area contributed by atoms with E-state index in [9.17, 15) is 9.59 Å². The predicted octanol–water partition coefficient (Wildman–Crippen LogP) is 6.06. The average molecular weight is 553 g/mol. The second kappa shape index (κ2) is 12.7. The van der Waals surface area contributed by atoms with Gasteiger partial charge in [0, 0.05) is 31.3 Å². The highest BCUT2D eigenvalue weighted by Gasteiger charge is 2.39. The maximum absolute atomic E-state index is 12.8. The molecule has 2 atom stereocenters. The maximum Gasteiger partial charge on any atom is 0.410 e. The molecule has 3 rings (SSSR count). The van der Waals surface area contributed by atoms with Gasteiger partial charge in [0.2, 0.25) is 5.88 Å². The van der Waals surface area contributed by atoms with Crippen LogP contribution in [0.3, 0.4) is 0 Å². The summed E-state index contributed by atoms with van der Waals surface area (Å²) in [5.41, 5.74) is 1.21. The summed E-state index contributed by atoms with van der Waals surface area (Å²) in [6.07, 6.45) is 1.85. The van der Waals surface area contributed by atoms with Gasteiger partial charge in [0.1, 0.15) is 18.8 Å². The molecule has 0 unspecified atom stereocenters. The van der Waals surface area contributed by atoms with Crippen LogP contribution in [-0.4, -0.2) is 60.5 Å². The van der Waals surface area contributed by atoms with Crippen LogP contribution in [0.5, 0.6) is 11.6 Å². The normalized spacial score (nSPS) is 17.8. The van der Waals surface area contributed by atoms with Crippen LogP contribution < -0.4 is 9.47 Å². The highest BCUT2D eigenvalue weighted by atomic mass is 35.5. The Kier molecular flexibility index (Phi) is 9.90. The zero-order valence-corrected chi connectivity index (χ0v) is 23.4. The Labute approximate surface area is 228 Å². The SMILES string of the molecule is CCOC(=O)[C@H]1CN(C(=O)OC(C)(C)C)CC[C@@H]1c1ccc(OCCOc2c(Cl)cc(C)cc2Cl)nc1. The number of carbonyl (C=O) groups is 2. The van der Waals surface area contributed by atoms with Crippen molar-refractivity contribution < 1.29 is 28.5 Å². The first-order valence-corrected chi connectivity index (χ1v) is 13.1. The molecule has 2 heterocycles. The van der Waals surface area contributed by atoms with Crippen LogP contribution >= 0.6 is 23.2 Å². The van der Waals surface area contributed by atoms with Gasteiger partial charge in [0.15, 0.2) is 5.75 Å². The standard InChI is InChI=1S/C27H34Cl2N2O6/c1-6-34-25(32)20-16-31(26(33)37-27(3,4)5)10-9-19(20)18-7-8-23(30-15-18)35-11-12-36-24-21(28)13-17(2)14-22(24)29/h7-8,13-15,19-20H,6,9-12,16H2,1-5H3/t19-,20+/m1/s1. The van der Waals surface area contributed by atoms with Gasteiger partial charge in [-0.25, -0.2) is 9.78 Å². The van der Waals surface area contributed by atoms with E-state index >= 15 is 0 Å². The van der Waals surface area contributed by atoms with Crippen LogP contribution in [0.15, 0.2) is 30.5 Å². The molecule has 1 fully saturated rings. The lowest BCUT2D eigenvalue weighted by Crippen LogP contribution is -2.47.